The zero-order valence-electron chi connectivity index (χ0n) is 23.4. The van der Waals surface area contributed by atoms with E-state index in [1.54, 1.807) is 34.8 Å². The molecule has 8 nitrogen and oxygen atoms in total. The molecule has 2 heterocycles. The molecule has 5 rings (SSSR count). The number of carbonyl (C=O) groups is 1. The van der Waals surface area contributed by atoms with Crippen LogP contribution in [0, 0.1) is 0 Å². The highest BCUT2D eigenvalue weighted by atomic mass is 79.9. The molecule has 4 aromatic rings. The van der Waals surface area contributed by atoms with Gasteiger partial charge in [-0.3, -0.25) is 14.2 Å². The number of methoxy groups -OCH3 is 2. The van der Waals surface area contributed by atoms with Crippen LogP contribution in [0.15, 0.2) is 74.1 Å². The van der Waals surface area contributed by atoms with Gasteiger partial charge in [-0.1, -0.05) is 41.7 Å². The molecule has 0 saturated heterocycles. The number of hydrogen-bond donors (Lipinski definition) is 1. The zero-order valence-corrected chi connectivity index (χ0v) is 25.8. The van der Waals surface area contributed by atoms with Gasteiger partial charge in [-0.05, 0) is 77.3 Å². The van der Waals surface area contributed by atoms with Crippen molar-refractivity contribution >= 4 is 50.0 Å². The number of thiazole rings is 1. The third-order valence-corrected chi connectivity index (χ3v) is 8.88. The summed E-state index contributed by atoms with van der Waals surface area (Å²) in [5.74, 6) is 0.664. The number of benzene rings is 3. The second kappa shape index (κ2) is 11.5. The summed E-state index contributed by atoms with van der Waals surface area (Å²) in [5, 5.41) is 12.1. The van der Waals surface area contributed by atoms with Crippen molar-refractivity contribution in [2.45, 2.75) is 26.8 Å². The van der Waals surface area contributed by atoms with E-state index in [1.165, 1.54) is 18.4 Å². The summed E-state index contributed by atoms with van der Waals surface area (Å²) in [4.78, 5) is 35.3. The number of likely N-dealkylation sites (N-methyl/N-ethyl adjacent to an activating group) is 1. The van der Waals surface area contributed by atoms with E-state index >= 15 is 0 Å². The summed E-state index contributed by atoms with van der Waals surface area (Å²) in [6, 6.07) is 14.3. The highest BCUT2D eigenvalue weighted by molar-refractivity contribution is 9.10. The summed E-state index contributed by atoms with van der Waals surface area (Å²) in [6.07, 6.45) is 1.74. The number of aromatic nitrogens is 1. The number of nitrogens with zero attached hydrogens (tertiary/aromatic N) is 3. The van der Waals surface area contributed by atoms with Crippen molar-refractivity contribution in [1.29, 1.82) is 0 Å². The number of halogens is 1. The molecule has 1 amide bonds. The number of hydrogen-bond acceptors (Lipinski definition) is 7. The molecule has 212 valence electrons. The monoisotopic (exact) mass is 635 g/mol. The first-order chi connectivity index (χ1) is 19.7. The Labute approximate surface area is 249 Å². The highest BCUT2D eigenvalue weighted by Crippen LogP contribution is 2.40. The lowest BCUT2D eigenvalue weighted by molar-refractivity contribution is -0.127. The van der Waals surface area contributed by atoms with Crippen molar-refractivity contribution in [3.05, 3.63) is 95.1 Å². The normalized spacial score (nSPS) is 15.1. The predicted molar refractivity (Wildman–Crippen MR) is 165 cm³/mol. The number of phenols is 1. The molecule has 1 aliphatic heterocycles. The molecule has 1 aromatic heterocycles. The Morgan fingerprint density at radius 2 is 1.83 bits per heavy atom. The highest BCUT2D eigenvalue weighted by Gasteiger charge is 2.36. The molecule has 1 atom stereocenters. The van der Waals surface area contributed by atoms with Gasteiger partial charge in [0.2, 0.25) is 0 Å². The van der Waals surface area contributed by atoms with E-state index in [0.717, 1.165) is 16.3 Å². The third kappa shape index (κ3) is 4.95. The van der Waals surface area contributed by atoms with Gasteiger partial charge in [0.1, 0.15) is 11.8 Å². The lowest BCUT2D eigenvalue weighted by Crippen LogP contribution is -2.43. The first-order valence-electron chi connectivity index (χ1n) is 13.2. The van der Waals surface area contributed by atoms with Crippen LogP contribution in [-0.2, 0) is 4.79 Å². The number of aromatic hydroxyl groups is 1. The Kier molecular flexibility index (Phi) is 8.06. The zero-order chi connectivity index (χ0) is 29.4. The van der Waals surface area contributed by atoms with Crippen molar-refractivity contribution in [2.24, 2.45) is 4.99 Å². The molecule has 0 aliphatic carbocycles. The van der Waals surface area contributed by atoms with E-state index in [0.29, 0.717) is 49.5 Å². The minimum atomic E-state index is -0.761. The van der Waals surface area contributed by atoms with E-state index in [2.05, 4.69) is 15.9 Å². The molecule has 1 N–H and O–H groups in total. The fourth-order valence-corrected chi connectivity index (χ4v) is 6.78. The number of carbonyl (C=O) groups excluding carboxylic acids is 1. The lowest BCUT2D eigenvalue weighted by atomic mass is 9.90. The quantitative estimate of drug-likeness (QED) is 0.317. The van der Waals surface area contributed by atoms with Crippen molar-refractivity contribution in [3.8, 4) is 17.2 Å². The van der Waals surface area contributed by atoms with E-state index in [9.17, 15) is 14.7 Å². The summed E-state index contributed by atoms with van der Waals surface area (Å²) in [5.41, 5.74) is 2.11. The maximum Gasteiger partial charge on any atom is 0.271 e. The summed E-state index contributed by atoms with van der Waals surface area (Å²) < 4.78 is 13.6. The number of fused-ring (bicyclic) bond motifs is 2. The fraction of sp³-hybridized carbons (Fsp3) is 0.258. The molecule has 0 radical (unpaired) electrons. The molecule has 3 aromatic carbocycles. The minimum Gasteiger partial charge on any atom is -0.503 e. The topological polar surface area (TPSA) is 93.4 Å². The maximum absolute atomic E-state index is 14.2. The summed E-state index contributed by atoms with van der Waals surface area (Å²) >= 11 is 4.60. The molecule has 0 bridgehead atoms. The van der Waals surface area contributed by atoms with Crippen LogP contribution in [0.1, 0.15) is 37.9 Å². The average Bonchev–Trinajstić information content (AvgIpc) is 3.27. The predicted octanol–water partition coefficient (Wildman–Crippen LogP) is 4.74. The minimum absolute atomic E-state index is 0.0238. The van der Waals surface area contributed by atoms with Crippen LogP contribution >= 0.6 is 27.3 Å². The maximum atomic E-state index is 14.2. The van der Waals surface area contributed by atoms with E-state index in [-0.39, 0.29) is 23.0 Å². The van der Waals surface area contributed by atoms with Crippen LogP contribution in [0.25, 0.3) is 16.8 Å². The average molecular weight is 637 g/mol. The standard InChI is InChI=1S/C31H30BrN3O5S/c1-6-34(7-2)30(38)25-17(3)33-31-35(27(25)26-20-11-9-8-10-19(20)12-13-22(26)39-4)29(37)24(41-31)16-18-14-21(32)28(36)23(15-18)40-5/h8-16,27,36H,6-7H2,1-5H3/b24-16+/t27-/m1/s1. The number of ether oxygens (including phenoxy) is 2. The molecule has 0 saturated carbocycles. The van der Waals surface area contributed by atoms with Crippen molar-refractivity contribution in [3.63, 3.8) is 0 Å². The van der Waals surface area contributed by atoms with Gasteiger partial charge in [0.05, 0.1) is 34.5 Å². The third-order valence-electron chi connectivity index (χ3n) is 7.30. The second-order valence-electron chi connectivity index (χ2n) is 9.52. The smallest absolute Gasteiger partial charge is 0.271 e. The van der Waals surface area contributed by atoms with E-state index in [1.807, 2.05) is 57.2 Å². The van der Waals surface area contributed by atoms with Gasteiger partial charge in [0.15, 0.2) is 16.3 Å². The summed E-state index contributed by atoms with van der Waals surface area (Å²) in [6.45, 7) is 6.73. The van der Waals surface area contributed by atoms with Crippen LogP contribution in [0.4, 0.5) is 0 Å². The Balaban J connectivity index is 1.84. The van der Waals surface area contributed by atoms with E-state index in [4.69, 9.17) is 14.5 Å². The molecular weight excluding hydrogens is 606 g/mol. The van der Waals surface area contributed by atoms with Crippen molar-refractivity contribution in [1.82, 2.24) is 9.47 Å². The Hall–Kier alpha value is -3.89. The van der Waals surface area contributed by atoms with Crippen LogP contribution in [0.2, 0.25) is 0 Å². The lowest BCUT2D eigenvalue weighted by Gasteiger charge is -2.30. The SMILES string of the molecule is CCN(CC)C(=O)C1=C(C)N=c2s/c(=C/c3cc(Br)c(O)c(OC)c3)c(=O)n2[C@H]1c1c(OC)ccc2ccccc12. The van der Waals surface area contributed by atoms with Gasteiger partial charge < -0.3 is 19.5 Å². The summed E-state index contributed by atoms with van der Waals surface area (Å²) in [7, 11) is 3.06. The number of allylic oxidation sites excluding steroid dienone is 1. The Bertz CT molecular complexity index is 1890. The first-order valence-corrected chi connectivity index (χ1v) is 14.8. The van der Waals surface area contributed by atoms with Gasteiger partial charge in [0.25, 0.3) is 11.5 Å². The first kappa shape index (κ1) is 28.6. The van der Waals surface area contributed by atoms with Crippen molar-refractivity contribution < 1.29 is 19.4 Å². The molecule has 0 spiro atoms. The van der Waals surface area contributed by atoms with Gasteiger partial charge in [-0.2, -0.15) is 0 Å². The molecule has 41 heavy (non-hydrogen) atoms. The van der Waals surface area contributed by atoms with E-state index < -0.39 is 6.04 Å². The molecule has 0 fully saturated rings. The van der Waals surface area contributed by atoms with Crippen LogP contribution in [0.3, 0.4) is 0 Å². The Morgan fingerprint density at radius 3 is 2.51 bits per heavy atom. The number of rotatable bonds is 7. The molecule has 0 unspecified atom stereocenters. The fourth-order valence-electron chi connectivity index (χ4n) is 5.27. The van der Waals surface area contributed by atoms with Crippen molar-refractivity contribution in [2.75, 3.05) is 27.3 Å². The largest absolute Gasteiger partial charge is 0.503 e. The molecule has 1 aliphatic rings. The van der Waals surface area contributed by atoms with Crippen LogP contribution in [0.5, 0.6) is 17.2 Å². The van der Waals surface area contributed by atoms with Crippen LogP contribution in [-0.4, -0.2) is 47.8 Å². The molecular formula is C31H30BrN3O5S. The van der Waals surface area contributed by atoms with Gasteiger partial charge >= 0.3 is 0 Å². The number of phenolic OH excluding ortho intramolecular Hbond substituents is 1. The molecule has 10 heteroatoms. The van der Waals surface area contributed by atoms with Crippen LogP contribution < -0.4 is 24.4 Å². The Morgan fingerprint density at radius 1 is 1.12 bits per heavy atom. The van der Waals surface area contributed by atoms with Gasteiger partial charge in [-0.25, -0.2) is 4.99 Å². The second-order valence-corrected chi connectivity index (χ2v) is 11.4. The van der Waals surface area contributed by atoms with Gasteiger partial charge in [-0.15, -0.1) is 0 Å². The number of amides is 1. The van der Waals surface area contributed by atoms with Gasteiger partial charge in [0, 0.05) is 18.7 Å².